The van der Waals surface area contributed by atoms with Crippen molar-refractivity contribution < 1.29 is 13.2 Å². The Morgan fingerprint density at radius 2 is 1.77 bits per heavy atom. The first-order valence-electron chi connectivity index (χ1n) is 8.69. The maximum atomic E-state index is 12.3. The lowest BCUT2D eigenvalue weighted by molar-refractivity contribution is -0.120. The molecule has 2 rings (SSSR count). The van der Waals surface area contributed by atoms with Gasteiger partial charge in [0.25, 0.3) is 0 Å². The van der Waals surface area contributed by atoms with Crippen molar-refractivity contribution >= 4 is 21.6 Å². The van der Waals surface area contributed by atoms with Gasteiger partial charge >= 0.3 is 0 Å². The molecule has 6 heteroatoms. The predicted octanol–water partition coefficient (Wildman–Crippen LogP) is 2.68. The van der Waals surface area contributed by atoms with Crippen LogP contribution in [0, 0.1) is 6.92 Å². The average molecular weight is 375 g/mol. The third-order valence-electron chi connectivity index (χ3n) is 4.20. The molecule has 0 atom stereocenters. The van der Waals surface area contributed by atoms with Crippen LogP contribution in [0.15, 0.2) is 48.5 Å². The number of para-hydroxylation sites is 1. The van der Waals surface area contributed by atoms with Crippen molar-refractivity contribution in [3.05, 3.63) is 65.2 Å². The van der Waals surface area contributed by atoms with Gasteiger partial charge < -0.3 is 5.32 Å². The van der Waals surface area contributed by atoms with E-state index in [0.717, 1.165) is 28.8 Å². The molecule has 0 bridgehead atoms. The number of rotatable bonds is 8. The maximum absolute atomic E-state index is 12.3. The minimum Gasteiger partial charge on any atom is -0.354 e. The zero-order valence-electron chi connectivity index (χ0n) is 15.5. The second kappa shape index (κ2) is 8.85. The fourth-order valence-electron chi connectivity index (χ4n) is 2.95. The van der Waals surface area contributed by atoms with Crippen LogP contribution in [-0.2, 0) is 27.7 Å². The summed E-state index contributed by atoms with van der Waals surface area (Å²) >= 11 is 0. The molecule has 0 saturated carbocycles. The van der Waals surface area contributed by atoms with Crippen LogP contribution >= 0.6 is 0 Å². The lowest BCUT2D eigenvalue weighted by atomic mass is 10.1. The number of aryl methyl sites for hydroxylation is 2. The second-order valence-corrected chi connectivity index (χ2v) is 8.19. The fourth-order valence-corrected chi connectivity index (χ4v) is 3.96. The van der Waals surface area contributed by atoms with Crippen LogP contribution in [0.3, 0.4) is 0 Å². The third kappa shape index (κ3) is 5.33. The zero-order valence-corrected chi connectivity index (χ0v) is 16.3. The van der Waals surface area contributed by atoms with Gasteiger partial charge in [0.1, 0.15) is 0 Å². The van der Waals surface area contributed by atoms with Crippen LogP contribution in [-0.4, -0.2) is 33.7 Å². The first-order valence-corrected chi connectivity index (χ1v) is 10.5. The Morgan fingerprint density at radius 1 is 1.08 bits per heavy atom. The predicted molar refractivity (Wildman–Crippen MR) is 106 cm³/mol. The molecule has 0 saturated heterocycles. The number of hydrogen-bond donors (Lipinski definition) is 1. The van der Waals surface area contributed by atoms with Gasteiger partial charge in [-0.05, 0) is 30.0 Å². The SMILES string of the molecule is CCc1cccc(C)c1N(CCNC(=O)Cc1ccccc1)S(C)(=O)=O. The topological polar surface area (TPSA) is 66.5 Å². The Labute approximate surface area is 156 Å². The monoisotopic (exact) mass is 374 g/mol. The van der Waals surface area contributed by atoms with Crippen LogP contribution < -0.4 is 9.62 Å². The third-order valence-corrected chi connectivity index (χ3v) is 5.36. The molecular weight excluding hydrogens is 348 g/mol. The molecule has 0 aromatic heterocycles. The van der Waals surface area contributed by atoms with E-state index in [1.54, 1.807) is 0 Å². The lowest BCUT2D eigenvalue weighted by Gasteiger charge is -2.26. The Hall–Kier alpha value is -2.34. The summed E-state index contributed by atoms with van der Waals surface area (Å²) in [5.41, 5.74) is 3.53. The van der Waals surface area contributed by atoms with Gasteiger partial charge in [-0.1, -0.05) is 55.5 Å². The molecule has 0 spiro atoms. The van der Waals surface area contributed by atoms with E-state index in [1.807, 2.05) is 62.4 Å². The Morgan fingerprint density at radius 3 is 2.38 bits per heavy atom. The van der Waals surface area contributed by atoms with Gasteiger partial charge in [0.05, 0.1) is 24.9 Å². The molecule has 0 aliphatic rings. The van der Waals surface area contributed by atoms with E-state index in [9.17, 15) is 13.2 Å². The normalized spacial score (nSPS) is 11.2. The number of carbonyl (C=O) groups is 1. The molecule has 0 radical (unpaired) electrons. The average Bonchev–Trinajstić information content (AvgIpc) is 2.59. The molecule has 0 unspecified atom stereocenters. The van der Waals surface area contributed by atoms with E-state index < -0.39 is 10.0 Å². The largest absolute Gasteiger partial charge is 0.354 e. The lowest BCUT2D eigenvalue weighted by Crippen LogP contribution is -2.39. The highest BCUT2D eigenvalue weighted by Crippen LogP contribution is 2.27. The van der Waals surface area contributed by atoms with E-state index in [4.69, 9.17) is 0 Å². The standard InChI is InChI=1S/C20H26N2O3S/c1-4-18-12-8-9-16(2)20(18)22(26(3,24)25)14-13-21-19(23)15-17-10-6-5-7-11-17/h5-12H,4,13-15H2,1-3H3,(H,21,23). The Kier molecular flexibility index (Phi) is 6.80. The summed E-state index contributed by atoms with van der Waals surface area (Å²) in [7, 11) is -3.45. The molecule has 5 nitrogen and oxygen atoms in total. The summed E-state index contributed by atoms with van der Waals surface area (Å²) in [5, 5.41) is 2.82. The number of sulfonamides is 1. The van der Waals surface area contributed by atoms with E-state index in [0.29, 0.717) is 0 Å². The smallest absolute Gasteiger partial charge is 0.232 e. The molecular formula is C20H26N2O3S. The van der Waals surface area contributed by atoms with Crippen molar-refractivity contribution in [1.82, 2.24) is 5.32 Å². The minimum atomic E-state index is -3.45. The summed E-state index contributed by atoms with van der Waals surface area (Å²) in [4.78, 5) is 12.1. The molecule has 0 heterocycles. The molecule has 1 amide bonds. The van der Waals surface area contributed by atoms with E-state index in [2.05, 4.69) is 5.32 Å². The zero-order chi connectivity index (χ0) is 19.2. The van der Waals surface area contributed by atoms with Gasteiger partial charge in [-0.15, -0.1) is 0 Å². The van der Waals surface area contributed by atoms with Crippen LogP contribution in [0.4, 0.5) is 5.69 Å². The Bertz CT molecular complexity index is 849. The quantitative estimate of drug-likeness (QED) is 0.772. The highest BCUT2D eigenvalue weighted by Gasteiger charge is 2.21. The first-order chi connectivity index (χ1) is 12.3. The van der Waals surface area contributed by atoms with Crippen molar-refractivity contribution in [2.45, 2.75) is 26.7 Å². The fraction of sp³-hybridized carbons (Fsp3) is 0.350. The van der Waals surface area contributed by atoms with Gasteiger partial charge in [0, 0.05) is 6.54 Å². The molecule has 2 aromatic carbocycles. The molecule has 0 aliphatic carbocycles. The van der Waals surface area contributed by atoms with Gasteiger partial charge in [0.2, 0.25) is 15.9 Å². The van der Waals surface area contributed by atoms with Gasteiger partial charge in [-0.2, -0.15) is 0 Å². The minimum absolute atomic E-state index is 0.120. The van der Waals surface area contributed by atoms with Crippen LogP contribution in [0.2, 0.25) is 0 Å². The van der Waals surface area contributed by atoms with Gasteiger partial charge in [0.15, 0.2) is 0 Å². The number of nitrogens with one attached hydrogen (secondary N) is 1. The summed E-state index contributed by atoms with van der Waals surface area (Å²) in [5.74, 6) is -0.120. The maximum Gasteiger partial charge on any atom is 0.232 e. The van der Waals surface area contributed by atoms with Crippen LogP contribution in [0.1, 0.15) is 23.6 Å². The van der Waals surface area contributed by atoms with Crippen molar-refractivity contribution in [2.24, 2.45) is 0 Å². The molecule has 26 heavy (non-hydrogen) atoms. The number of benzene rings is 2. The van der Waals surface area contributed by atoms with E-state index >= 15 is 0 Å². The molecule has 2 aromatic rings. The molecule has 140 valence electrons. The number of hydrogen-bond acceptors (Lipinski definition) is 3. The summed E-state index contributed by atoms with van der Waals surface area (Å²) < 4.78 is 26.1. The first kappa shape index (κ1) is 20.0. The number of carbonyl (C=O) groups excluding carboxylic acids is 1. The highest BCUT2D eigenvalue weighted by molar-refractivity contribution is 7.92. The van der Waals surface area contributed by atoms with Crippen molar-refractivity contribution in [2.75, 3.05) is 23.7 Å². The van der Waals surface area contributed by atoms with Crippen molar-refractivity contribution in [3.63, 3.8) is 0 Å². The van der Waals surface area contributed by atoms with Crippen molar-refractivity contribution in [3.8, 4) is 0 Å². The highest BCUT2D eigenvalue weighted by atomic mass is 32.2. The van der Waals surface area contributed by atoms with Crippen LogP contribution in [0.5, 0.6) is 0 Å². The van der Waals surface area contributed by atoms with E-state index in [-0.39, 0.29) is 25.4 Å². The second-order valence-electron chi connectivity index (χ2n) is 6.28. The molecule has 0 fully saturated rings. The van der Waals surface area contributed by atoms with E-state index in [1.165, 1.54) is 10.6 Å². The number of nitrogens with zero attached hydrogens (tertiary/aromatic N) is 1. The van der Waals surface area contributed by atoms with Gasteiger partial charge in [-0.25, -0.2) is 8.42 Å². The number of anilines is 1. The van der Waals surface area contributed by atoms with Gasteiger partial charge in [-0.3, -0.25) is 9.10 Å². The number of amides is 1. The summed E-state index contributed by atoms with van der Waals surface area (Å²) in [6.45, 7) is 4.37. The Balaban J connectivity index is 2.07. The van der Waals surface area contributed by atoms with Crippen molar-refractivity contribution in [1.29, 1.82) is 0 Å². The van der Waals surface area contributed by atoms with Crippen LogP contribution in [0.25, 0.3) is 0 Å². The molecule has 1 N–H and O–H groups in total. The molecule has 0 aliphatic heterocycles. The summed E-state index contributed by atoms with van der Waals surface area (Å²) in [6, 6.07) is 15.2. The summed E-state index contributed by atoms with van der Waals surface area (Å²) in [6.07, 6.45) is 2.22.